The second-order valence-corrected chi connectivity index (χ2v) is 4.69. The zero-order chi connectivity index (χ0) is 12.3. The third-order valence-corrected chi connectivity index (χ3v) is 3.34. The zero-order valence-electron chi connectivity index (χ0n) is 11.1. The molecule has 1 fully saturated rings. The van der Waals surface area contributed by atoms with Gasteiger partial charge in [0, 0.05) is 13.1 Å². The fraction of sp³-hybridized carbons (Fsp3) is 0.769. The Balaban J connectivity index is 2.17. The van der Waals surface area contributed by atoms with Crippen LogP contribution in [0.25, 0.3) is 0 Å². The molecule has 1 aliphatic carbocycles. The van der Waals surface area contributed by atoms with Crippen molar-refractivity contribution in [3.63, 3.8) is 0 Å². The molecule has 1 aliphatic rings. The van der Waals surface area contributed by atoms with Gasteiger partial charge in [-0.05, 0) is 38.5 Å². The zero-order valence-corrected chi connectivity index (χ0v) is 11.1. The van der Waals surface area contributed by atoms with Gasteiger partial charge in [-0.15, -0.1) is 5.10 Å². The van der Waals surface area contributed by atoms with Crippen molar-refractivity contribution in [3.8, 4) is 0 Å². The van der Waals surface area contributed by atoms with E-state index in [-0.39, 0.29) is 0 Å². The van der Waals surface area contributed by atoms with E-state index in [0.717, 1.165) is 49.2 Å². The predicted molar refractivity (Wildman–Crippen MR) is 69.2 cm³/mol. The molecule has 0 spiro atoms. The minimum absolute atomic E-state index is 0.813. The van der Waals surface area contributed by atoms with Crippen LogP contribution in [-0.4, -0.2) is 28.3 Å². The minimum Gasteiger partial charge on any atom is -0.340 e. The number of rotatable bonds is 6. The smallest absolute Gasteiger partial charge is 0.245 e. The average Bonchev–Trinajstić information content (AvgIpc) is 3.19. The second kappa shape index (κ2) is 5.43. The second-order valence-electron chi connectivity index (χ2n) is 4.69. The number of hydrogen-bond acceptors (Lipinski definition) is 4. The first kappa shape index (κ1) is 12.3. The molecular formula is C13H22N4. The predicted octanol–water partition coefficient (Wildman–Crippen LogP) is 2.23. The lowest BCUT2D eigenvalue weighted by Gasteiger charge is -2.20. The van der Waals surface area contributed by atoms with Gasteiger partial charge in [0.05, 0.1) is 11.4 Å². The van der Waals surface area contributed by atoms with E-state index in [1.807, 2.05) is 0 Å². The summed E-state index contributed by atoms with van der Waals surface area (Å²) in [5.41, 5.74) is 2.14. The van der Waals surface area contributed by atoms with Crippen LogP contribution in [0.15, 0.2) is 0 Å². The van der Waals surface area contributed by atoms with Crippen molar-refractivity contribution >= 4 is 5.95 Å². The Morgan fingerprint density at radius 2 is 1.76 bits per heavy atom. The molecule has 0 amide bonds. The standard InChI is InChI=1S/C13H22N4/c1-4-11-12(5-2)15-16-13(14-11)17(6-3)9-10-7-8-10/h10H,4-9H2,1-3H3. The Morgan fingerprint density at radius 3 is 2.29 bits per heavy atom. The van der Waals surface area contributed by atoms with Crippen molar-refractivity contribution in [2.75, 3.05) is 18.0 Å². The van der Waals surface area contributed by atoms with Crippen molar-refractivity contribution in [2.45, 2.75) is 46.5 Å². The highest BCUT2D eigenvalue weighted by molar-refractivity contribution is 5.30. The van der Waals surface area contributed by atoms with Crippen molar-refractivity contribution in [3.05, 3.63) is 11.4 Å². The summed E-state index contributed by atoms with van der Waals surface area (Å²) in [5, 5.41) is 8.59. The number of nitrogens with zero attached hydrogens (tertiary/aromatic N) is 4. The number of anilines is 1. The quantitative estimate of drug-likeness (QED) is 0.757. The van der Waals surface area contributed by atoms with E-state index in [1.165, 1.54) is 12.8 Å². The molecule has 4 heteroatoms. The fourth-order valence-electron chi connectivity index (χ4n) is 2.03. The van der Waals surface area contributed by atoms with Crippen LogP contribution in [0.2, 0.25) is 0 Å². The molecule has 17 heavy (non-hydrogen) atoms. The summed E-state index contributed by atoms with van der Waals surface area (Å²) in [5.74, 6) is 1.67. The van der Waals surface area contributed by atoms with Crippen LogP contribution < -0.4 is 4.90 Å². The molecule has 0 radical (unpaired) electrons. The largest absolute Gasteiger partial charge is 0.340 e. The fourth-order valence-corrected chi connectivity index (χ4v) is 2.03. The first-order valence-corrected chi connectivity index (χ1v) is 6.75. The summed E-state index contributed by atoms with van der Waals surface area (Å²) in [7, 11) is 0. The van der Waals surface area contributed by atoms with Crippen molar-refractivity contribution in [1.29, 1.82) is 0 Å². The molecular weight excluding hydrogens is 212 g/mol. The summed E-state index contributed by atoms with van der Waals surface area (Å²) in [6, 6.07) is 0. The van der Waals surface area contributed by atoms with Crippen LogP contribution in [0.3, 0.4) is 0 Å². The lowest BCUT2D eigenvalue weighted by Crippen LogP contribution is -2.28. The van der Waals surface area contributed by atoms with E-state index in [1.54, 1.807) is 0 Å². The van der Waals surface area contributed by atoms with Crippen LogP contribution in [0, 0.1) is 5.92 Å². The van der Waals surface area contributed by atoms with E-state index < -0.39 is 0 Å². The summed E-state index contributed by atoms with van der Waals surface area (Å²) in [6.07, 6.45) is 4.57. The Labute approximate surface area is 103 Å². The average molecular weight is 234 g/mol. The van der Waals surface area contributed by atoms with Gasteiger partial charge in [0.25, 0.3) is 0 Å². The van der Waals surface area contributed by atoms with Crippen molar-refractivity contribution in [1.82, 2.24) is 15.2 Å². The van der Waals surface area contributed by atoms with E-state index >= 15 is 0 Å². The van der Waals surface area contributed by atoms with Gasteiger partial charge in [0.1, 0.15) is 0 Å². The highest BCUT2D eigenvalue weighted by Gasteiger charge is 2.25. The van der Waals surface area contributed by atoms with Crippen molar-refractivity contribution < 1.29 is 0 Å². The van der Waals surface area contributed by atoms with E-state index in [9.17, 15) is 0 Å². The molecule has 0 aromatic carbocycles. The lowest BCUT2D eigenvalue weighted by atomic mass is 10.2. The van der Waals surface area contributed by atoms with E-state index in [4.69, 9.17) is 0 Å². The summed E-state index contributed by atoms with van der Waals surface area (Å²) in [6.45, 7) is 8.45. The molecule has 1 aromatic heterocycles. The Hall–Kier alpha value is -1.19. The van der Waals surface area contributed by atoms with Gasteiger partial charge in [-0.2, -0.15) is 5.10 Å². The normalized spacial score (nSPS) is 15.0. The maximum Gasteiger partial charge on any atom is 0.245 e. The Kier molecular flexibility index (Phi) is 3.92. The maximum atomic E-state index is 4.67. The van der Waals surface area contributed by atoms with Crippen molar-refractivity contribution in [2.24, 2.45) is 5.92 Å². The number of hydrogen-bond donors (Lipinski definition) is 0. The first-order valence-electron chi connectivity index (χ1n) is 6.75. The monoisotopic (exact) mass is 234 g/mol. The third-order valence-electron chi connectivity index (χ3n) is 3.34. The molecule has 2 rings (SSSR count). The molecule has 1 saturated carbocycles. The molecule has 94 valence electrons. The summed E-state index contributed by atoms with van der Waals surface area (Å²) in [4.78, 5) is 6.92. The van der Waals surface area contributed by atoms with E-state index in [2.05, 4.69) is 40.9 Å². The number of aromatic nitrogens is 3. The molecule has 4 nitrogen and oxygen atoms in total. The molecule has 0 saturated heterocycles. The molecule has 0 aliphatic heterocycles. The van der Waals surface area contributed by atoms with Gasteiger partial charge in [-0.1, -0.05) is 13.8 Å². The Morgan fingerprint density at radius 1 is 1.06 bits per heavy atom. The molecule has 1 heterocycles. The van der Waals surface area contributed by atoms with Gasteiger partial charge in [0.15, 0.2) is 0 Å². The lowest BCUT2D eigenvalue weighted by molar-refractivity contribution is 0.695. The Bertz CT molecular complexity index is 374. The summed E-state index contributed by atoms with van der Waals surface area (Å²) >= 11 is 0. The molecule has 1 aromatic rings. The van der Waals surface area contributed by atoms with Gasteiger partial charge in [-0.3, -0.25) is 0 Å². The third kappa shape index (κ3) is 2.93. The molecule has 0 bridgehead atoms. The summed E-state index contributed by atoms with van der Waals surface area (Å²) < 4.78 is 0. The first-order chi connectivity index (χ1) is 8.28. The van der Waals surface area contributed by atoms with Gasteiger partial charge >= 0.3 is 0 Å². The topological polar surface area (TPSA) is 41.9 Å². The van der Waals surface area contributed by atoms with Crippen LogP contribution in [0.5, 0.6) is 0 Å². The van der Waals surface area contributed by atoms with E-state index in [0.29, 0.717) is 0 Å². The highest BCUT2D eigenvalue weighted by Crippen LogP contribution is 2.30. The minimum atomic E-state index is 0.813. The number of aryl methyl sites for hydroxylation is 2. The van der Waals surface area contributed by atoms with Crippen LogP contribution >= 0.6 is 0 Å². The molecule has 0 atom stereocenters. The van der Waals surface area contributed by atoms with Gasteiger partial charge in [0.2, 0.25) is 5.95 Å². The van der Waals surface area contributed by atoms with Gasteiger partial charge in [-0.25, -0.2) is 4.98 Å². The SMILES string of the molecule is CCc1nnc(N(CC)CC2CC2)nc1CC. The molecule has 0 unspecified atom stereocenters. The molecule has 0 N–H and O–H groups in total. The van der Waals surface area contributed by atoms with Crippen LogP contribution in [0.1, 0.15) is 45.0 Å². The van der Waals surface area contributed by atoms with Crippen LogP contribution in [0.4, 0.5) is 5.95 Å². The van der Waals surface area contributed by atoms with Gasteiger partial charge < -0.3 is 4.90 Å². The maximum absolute atomic E-state index is 4.67. The highest BCUT2D eigenvalue weighted by atomic mass is 15.3. The van der Waals surface area contributed by atoms with Crippen LogP contribution in [-0.2, 0) is 12.8 Å².